The number of nitrogens with zero attached hydrogens (tertiary/aromatic N) is 2. The Labute approximate surface area is 107 Å². The van der Waals surface area contributed by atoms with Crippen molar-refractivity contribution in [2.75, 3.05) is 17.6 Å². The van der Waals surface area contributed by atoms with Crippen LogP contribution in [0.2, 0.25) is 0 Å². The third-order valence-electron chi connectivity index (χ3n) is 2.16. The Balaban J connectivity index is 2.64. The van der Waals surface area contributed by atoms with E-state index in [0.29, 0.717) is 17.5 Å². The maximum atomic E-state index is 11.5. The lowest BCUT2D eigenvalue weighted by molar-refractivity contribution is -0.119. The third-order valence-corrected chi connectivity index (χ3v) is 2.16. The molecular formula is C12H21N5O. The molecule has 0 fully saturated rings. The van der Waals surface area contributed by atoms with Crippen LogP contribution in [0, 0.1) is 0 Å². The van der Waals surface area contributed by atoms with Crippen LogP contribution in [-0.4, -0.2) is 28.5 Å². The molecular weight excluding hydrogens is 230 g/mol. The summed E-state index contributed by atoms with van der Waals surface area (Å²) in [6.45, 7) is 7.98. The van der Waals surface area contributed by atoms with Gasteiger partial charge in [0.1, 0.15) is 17.5 Å². The molecule has 1 rings (SSSR count). The number of nitrogens with two attached hydrogens (primary N) is 1. The minimum atomic E-state index is -0.0757. The minimum Gasteiger partial charge on any atom is -0.384 e. The fourth-order valence-corrected chi connectivity index (χ4v) is 1.38. The first-order chi connectivity index (χ1) is 8.38. The Bertz CT molecular complexity index is 417. The summed E-state index contributed by atoms with van der Waals surface area (Å²) in [4.78, 5) is 19.9. The second-order valence-corrected chi connectivity index (χ2v) is 4.77. The van der Waals surface area contributed by atoms with Crippen LogP contribution >= 0.6 is 0 Å². The zero-order valence-corrected chi connectivity index (χ0v) is 11.3. The van der Waals surface area contributed by atoms with Crippen LogP contribution in [0.4, 0.5) is 11.6 Å². The molecule has 0 saturated heterocycles. The number of carbonyl (C=O) groups excluding carboxylic acids is 1. The number of rotatable bonds is 5. The van der Waals surface area contributed by atoms with Gasteiger partial charge in [-0.3, -0.25) is 4.79 Å². The zero-order valence-electron chi connectivity index (χ0n) is 11.3. The zero-order chi connectivity index (χ0) is 13.7. The summed E-state index contributed by atoms with van der Waals surface area (Å²) in [5.74, 6) is 1.76. The van der Waals surface area contributed by atoms with E-state index in [1.54, 1.807) is 6.07 Å². The van der Waals surface area contributed by atoms with Crippen molar-refractivity contribution < 1.29 is 4.79 Å². The van der Waals surface area contributed by atoms with Gasteiger partial charge in [-0.15, -0.1) is 0 Å². The number of carbonyl (C=O) groups is 1. The summed E-state index contributed by atoms with van der Waals surface area (Å²) in [5.41, 5.74) is 5.69. The van der Waals surface area contributed by atoms with Crippen molar-refractivity contribution in [2.24, 2.45) is 0 Å². The fourth-order valence-electron chi connectivity index (χ4n) is 1.38. The Morgan fingerprint density at radius 3 is 2.56 bits per heavy atom. The molecule has 1 aromatic rings. The van der Waals surface area contributed by atoms with E-state index < -0.39 is 0 Å². The molecule has 6 heteroatoms. The summed E-state index contributed by atoms with van der Waals surface area (Å²) in [6, 6.07) is 1.75. The molecule has 0 unspecified atom stereocenters. The lowest BCUT2D eigenvalue weighted by atomic mass is 10.2. The average molecular weight is 251 g/mol. The van der Waals surface area contributed by atoms with E-state index in [9.17, 15) is 4.79 Å². The van der Waals surface area contributed by atoms with Gasteiger partial charge in [0, 0.05) is 18.0 Å². The molecule has 0 aliphatic rings. The molecule has 0 aromatic carbocycles. The third kappa shape index (κ3) is 4.57. The summed E-state index contributed by atoms with van der Waals surface area (Å²) in [6.07, 6.45) is 0. The summed E-state index contributed by atoms with van der Waals surface area (Å²) in [5, 5.41) is 5.73. The summed E-state index contributed by atoms with van der Waals surface area (Å²) < 4.78 is 0. The first-order valence-corrected chi connectivity index (χ1v) is 6.06. The van der Waals surface area contributed by atoms with Crippen LogP contribution < -0.4 is 16.4 Å². The topological polar surface area (TPSA) is 92.9 Å². The van der Waals surface area contributed by atoms with Crippen molar-refractivity contribution in [2.45, 2.75) is 39.7 Å². The van der Waals surface area contributed by atoms with Gasteiger partial charge >= 0.3 is 0 Å². The van der Waals surface area contributed by atoms with Gasteiger partial charge in [-0.25, -0.2) is 9.97 Å². The number of amides is 1. The monoisotopic (exact) mass is 251 g/mol. The molecule has 1 heterocycles. The van der Waals surface area contributed by atoms with E-state index in [1.807, 2.05) is 27.7 Å². The molecule has 1 amide bonds. The maximum absolute atomic E-state index is 11.5. The summed E-state index contributed by atoms with van der Waals surface area (Å²) >= 11 is 0. The highest BCUT2D eigenvalue weighted by Crippen LogP contribution is 2.14. The number of nitrogens with one attached hydrogen (secondary N) is 2. The van der Waals surface area contributed by atoms with E-state index in [0.717, 1.165) is 0 Å². The molecule has 0 bridgehead atoms. The highest BCUT2D eigenvalue weighted by molar-refractivity contribution is 5.80. The van der Waals surface area contributed by atoms with Crippen molar-refractivity contribution in [1.29, 1.82) is 0 Å². The van der Waals surface area contributed by atoms with Crippen molar-refractivity contribution in [3.63, 3.8) is 0 Å². The van der Waals surface area contributed by atoms with E-state index >= 15 is 0 Å². The Morgan fingerprint density at radius 1 is 1.33 bits per heavy atom. The Morgan fingerprint density at radius 2 is 2.00 bits per heavy atom. The quantitative estimate of drug-likeness (QED) is 0.729. The first-order valence-electron chi connectivity index (χ1n) is 6.06. The van der Waals surface area contributed by atoms with Gasteiger partial charge in [0.05, 0.1) is 6.54 Å². The number of hydrogen-bond donors (Lipinski definition) is 3. The van der Waals surface area contributed by atoms with Crippen molar-refractivity contribution in [1.82, 2.24) is 15.3 Å². The second-order valence-electron chi connectivity index (χ2n) is 4.77. The lowest BCUT2D eigenvalue weighted by Gasteiger charge is -2.11. The summed E-state index contributed by atoms with van der Waals surface area (Å²) in [7, 11) is 0. The van der Waals surface area contributed by atoms with Crippen LogP contribution in [0.1, 0.15) is 39.4 Å². The van der Waals surface area contributed by atoms with E-state index in [1.165, 1.54) is 0 Å². The molecule has 0 radical (unpaired) electrons. The van der Waals surface area contributed by atoms with Gasteiger partial charge in [0.25, 0.3) is 0 Å². The SMILES string of the molecule is CC(C)NC(=O)CNc1cc(N)nc(C(C)C)n1. The number of anilines is 2. The molecule has 0 saturated carbocycles. The normalized spacial score (nSPS) is 10.8. The molecule has 0 spiro atoms. The molecule has 0 aliphatic heterocycles. The molecule has 0 aliphatic carbocycles. The maximum Gasteiger partial charge on any atom is 0.239 e. The van der Waals surface area contributed by atoms with Crippen molar-refractivity contribution >= 4 is 17.5 Å². The van der Waals surface area contributed by atoms with Crippen molar-refractivity contribution in [3.8, 4) is 0 Å². The predicted octanol–water partition coefficient (Wildman–Crippen LogP) is 1.12. The number of nitrogen functional groups attached to an aromatic ring is 1. The molecule has 6 nitrogen and oxygen atoms in total. The largest absolute Gasteiger partial charge is 0.384 e. The average Bonchev–Trinajstić information content (AvgIpc) is 2.24. The first kappa shape index (κ1) is 14.2. The Hall–Kier alpha value is -1.85. The predicted molar refractivity (Wildman–Crippen MR) is 72.3 cm³/mol. The van der Waals surface area contributed by atoms with Gasteiger partial charge in [0.2, 0.25) is 5.91 Å². The molecule has 18 heavy (non-hydrogen) atoms. The van der Waals surface area contributed by atoms with Crippen LogP contribution in [0.5, 0.6) is 0 Å². The highest BCUT2D eigenvalue weighted by atomic mass is 16.1. The Kier molecular flexibility index (Phi) is 4.88. The fraction of sp³-hybridized carbons (Fsp3) is 0.583. The van der Waals surface area contributed by atoms with Crippen molar-refractivity contribution in [3.05, 3.63) is 11.9 Å². The minimum absolute atomic E-state index is 0.0757. The van der Waals surface area contributed by atoms with Gasteiger partial charge in [-0.1, -0.05) is 13.8 Å². The molecule has 1 aromatic heterocycles. The second kappa shape index (κ2) is 6.18. The van der Waals surface area contributed by atoms with E-state index in [-0.39, 0.29) is 24.4 Å². The van der Waals surface area contributed by atoms with Crippen LogP contribution in [0.15, 0.2) is 6.07 Å². The van der Waals surface area contributed by atoms with Gasteiger partial charge in [-0.05, 0) is 13.8 Å². The van der Waals surface area contributed by atoms with E-state index in [4.69, 9.17) is 5.73 Å². The van der Waals surface area contributed by atoms with Gasteiger partial charge in [0.15, 0.2) is 0 Å². The highest BCUT2D eigenvalue weighted by Gasteiger charge is 2.08. The molecule has 0 atom stereocenters. The van der Waals surface area contributed by atoms with Crippen LogP contribution in [-0.2, 0) is 4.79 Å². The van der Waals surface area contributed by atoms with Crippen LogP contribution in [0.25, 0.3) is 0 Å². The standard InChI is InChI=1S/C12H21N5O/c1-7(2)12-16-9(13)5-10(17-12)14-6-11(18)15-8(3)4/h5,7-8H,6H2,1-4H3,(H,15,18)(H3,13,14,16,17). The number of aromatic nitrogens is 2. The molecule has 4 N–H and O–H groups in total. The smallest absolute Gasteiger partial charge is 0.239 e. The van der Waals surface area contributed by atoms with E-state index in [2.05, 4.69) is 20.6 Å². The molecule has 100 valence electrons. The van der Waals surface area contributed by atoms with Gasteiger partial charge < -0.3 is 16.4 Å². The lowest BCUT2D eigenvalue weighted by Crippen LogP contribution is -2.35. The van der Waals surface area contributed by atoms with Gasteiger partial charge in [-0.2, -0.15) is 0 Å². The number of hydrogen-bond acceptors (Lipinski definition) is 5. The van der Waals surface area contributed by atoms with Crippen LogP contribution in [0.3, 0.4) is 0 Å².